The lowest BCUT2D eigenvalue weighted by atomic mass is 10.0. The van der Waals surface area contributed by atoms with Crippen molar-refractivity contribution in [1.29, 1.82) is 0 Å². The monoisotopic (exact) mass is 350 g/mol. The van der Waals surface area contributed by atoms with Gasteiger partial charge in [0, 0.05) is 12.8 Å². The van der Waals surface area contributed by atoms with Gasteiger partial charge in [0.1, 0.15) is 5.70 Å². The van der Waals surface area contributed by atoms with Gasteiger partial charge in [0.15, 0.2) is 0 Å². The molecule has 2 aromatic rings. The van der Waals surface area contributed by atoms with Gasteiger partial charge < -0.3 is 10.1 Å². The van der Waals surface area contributed by atoms with E-state index in [9.17, 15) is 9.59 Å². The Bertz CT molecular complexity index is 872. The number of hydrogen-bond acceptors (Lipinski definition) is 4. The molecule has 1 aliphatic rings. The van der Waals surface area contributed by atoms with Crippen molar-refractivity contribution in [2.24, 2.45) is 0 Å². The number of ether oxygens (including phenoxy) is 1. The fraction of sp³-hybridized carbons (Fsp3) is 0.238. The zero-order valence-electron chi connectivity index (χ0n) is 15.2. The van der Waals surface area contributed by atoms with Crippen LogP contribution in [0.1, 0.15) is 16.7 Å². The second-order valence-corrected chi connectivity index (χ2v) is 6.31. The summed E-state index contributed by atoms with van der Waals surface area (Å²) in [4.78, 5) is 27.1. The van der Waals surface area contributed by atoms with E-state index in [1.807, 2.05) is 62.4 Å². The molecule has 2 amide bonds. The Labute approximate surface area is 153 Å². The Morgan fingerprint density at radius 1 is 1.00 bits per heavy atom. The Hall–Kier alpha value is -2.92. The smallest absolute Gasteiger partial charge is 0.278 e. The van der Waals surface area contributed by atoms with Gasteiger partial charge in [-0.25, -0.2) is 0 Å². The highest BCUT2D eigenvalue weighted by molar-refractivity contribution is 6.36. The van der Waals surface area contributed by atoms with Crippen molar-refractivity contribution >= 4 is 23.1 Å². The van der Waals surface area contributed by atoms with Crippen LogP contribution in [0.2, 0.25) is 0 Å². The van der Waals surface area contributed by atoms with Gasteiger partial charge in [-0.3, -0.25) is 14.5 Å². The third-order valence-electron chi connectivity index (χ3n) is 4.40. The van der Waals surface area contributed by atoms with E-state index in [1.54, 1.807) is 7.11 Å². The van der Waals surface area contributed by atoms with Crippen molar-refractivity contribution in [3.05, 3.63) is 70.9 Å². The molecule has 0 fully saturated rings. The first-order chi connectivity index (χ1) is 12.5. The topological polar surface area (TPSA) is 58.6 Å². The third kappa shape index (κ3) is 3.39. The third-order valence-corrected chi connectivity index (χ3v) is 4.40. The van der Waals surface area contributed by atoms with E-state index in [1.165, 1.54) is 4.90 Å². The molecule has 26 heavy (non-hydrogen) atoms. The van der Waals surface area contributed by atoms with Crippen molar-refractivity contribution in [2.45, 2.75) is 13.8 Å². The first-order valence-corrected chi connectivity index (χ1v) is 8.52. The highest BCUT2D eigenvalue weighted by Crippen LogP contribution is 2.31. The maximum atomic E-state index is 12.9. The molecule has 0 aromatic heterocycles. The average molecular weight is 350 g/mol. The van der Waals surface area contributed by atoms with Crippen LogP contribution in [0, 0.1) is 13.8 Å². The van der Waals surface area contributed by atoms with Gasteiger partial charge >= 0.3 is 0 Å². The van der Waals surface area contributed by atoms with Crippen LogP contribution in [0.4, 0.5) is 5.69 Å². The number of rotatable bonds is 6. The van der Waals surface area contributed by atoms with Gasteiger partial charge in [-0.05, 0) is 36.6 Å². The summed E-state index contributed by atoms with van der Waals surface area (Å²) in [6, 6.07) is 15.2. The molecule has 0 unspecified atom stereocenters. The van der Waals surface area contributed by atoms with Gasteiger partial charge in [0.25, 0.3) is 11.8 Å². The van der Waals surface area contributed by atoms with Gasteiger partial charge in [0.2, 0.25) is 0 Å². The SMILES string of the molecule is COCCN1C(=O)C(Nc2cc(C)ccc2C)=C(c2ccccc2)C1=O. The molecule has 0 spiro atoms. The number of anilines is 1. The summed E-state index contributed by atoms with van der Waals surface area (Å²) in [5.41, 5.74) is 4.33. The highest BCUT2D eigenvalue weighted by Gasteiger charge is 2.38. The van der Waals surface area contributed by atoms with E-state index in [2.05, 4.69) is 5.32 Å². The number of carbonyl (C=O) groups excluding carboxylic acids is 2. The first kappa shape index (κ1) is 17.9. The van der Waals surface area contributed by atoms with Crippen molar-refractivity contribution in [3.63, 3.8) is 0 Å². The number of nitrogens with zero attached hydrogens (tertiary/aromatic N) is 1. The molecule has 3 rings (SSSR count). The summed E-state index contributed by atoms with van der Waals surface area (Å²) in [5, 5.41) is 3.21. The highest BCUT2D eigenvalue weighted by atomic mass is 16.5. The summed E-state index contributed by atoms with van der Waals surface area (Å²) in [6.07, 6.45) is 0. The summed E-state index contributed by atoms with van der Waals surface area (Å²) >= 11 is 0. The quantitative estimate of drug-likeness (QED) is 0.813. The molecular formula is C21H22N2O3. The summed E-state index contributed by atoms with van der Waals surface area (Å²) in [6.45, 7) is 4.48. The molecule has 0 saturated carbocycles. The van der Waals surface area contributed by atoms with Crippen LogP contribution in [-0.2, 0) is 14.3 Å². The van der Waals surface area contributed by atoms with Crippen LogP contribution < -0.4 is 5.32 Å². The van der Waals surface area contributed by atoms with Crippen LogP contribution in [0.3, 0.4) is 0 Å². The van der Waals surface area contributed by atoms with Crippen LogP contribution in [-0.4, -0.2) is 37.0 Å². The van der Waals surface area contributed by atoms with Crippen LogP contribution in [0.5, 0.6) is 0 Å². The number of carbonyl (C=O) groups is 2. The Balaban J connectivity index is 2.06. The van der Waals surface area contributed by atoms with E-state index < -0.39 is 0 Å². The van der Waals surface area contributed by atoms with Crippen LogP contribution in [0.25, 0.3) is 5.57 Å². The van der Waals surface area contributed by atoms with E-state index in [0.29, 0.717) is 17.9 Å². The second-order valence-electron chi connectivity index (χ2n) is 6.31. The summed E-state index contributed by atoms with van der Waals surface area (Å²) < 4.78 is 5.04. The molecule has 0 radical (unpaired) electrons. The van der Waals surface area contributed by atoms with E-state index in [0.717, 1.165) is 22.4 Å². The molecule has 5 nitrogen and oxygen atoms in total. The largest absolute Gasteiger partial charge is 0.383 e. The second kappa shape index (κ2) is 7.54. The fourth-order valence-electron chi connectivity index (χ4n) is 2.96. The lowest BCUT2D eigenvalue weighted by Crippen LogP contribution is -2.35. The van der Waals surface area contributed by atoms with Crippen LogP contribution in [0.15, 0.2) is 54.2 Å². The molecule has 5 heteroatoms. The van der Waals surface area contributed by atoms with Crippen molar-refractivity contribution in [3.8, 4) is 0 Å². The van der Waals surface area contributed by atoms with Crippen molar-refractivity contribution < 1.29 is 14.3 Å². The van der Waals surface area contributed by atoms with Gasteiger partial charge in [0.05, 0.1) is 18.7 Å². The molecule has 1 N–H and O–H groups in total. The maximum absolute atomic E-state index is 12.9. The molecule has 0 bridgehead atoms. The van der Waals surface area contributed by atoms with Gasteiger partial charge in [-0.1, -0.05) is 42.5 Å². The molecule has 1 aliphatic heterocycles. The summed E-state index contributed by atoms with van der Waals surface area (Å²) in [7, 11) is 1.55. The lowest BCUT2D eigenvalue weighted by molar-refractivity contribution is -0.137. The van der Waals surface area contributed by atoms with Gasteiger partial charge in [-0.2, -0.15) is 0 Å². The minimum Gasteiger partial charge on any atom is -0.383 e. The predicted molar refractivity (Wildman–Crippen MR) is 101 cm³/mol. The maximum Gasteiger partial charge on any atom is 0.278 e. The molecule has 134 valence electrons. The number of imide groups is 1. The number of benzene rings is 2. The minimum absolute atomic E-state index is 0.225. The molecule has 2 aromatic carbocycles. The molecular weight excluding hydrogens is 328 g/mol. The number of methoxy groups -OCH3 is 1. The number of amides is 2. The lowest BCUT2D eigenvalue weighted by Gasteiger charge is -2.15. The molecule has 0 aliphatic carbocycles. The molecule has 0 atom stereocenters. The average Bonchev–Trinajstić information content (AvgIpc) is 2.87. The zero-order chi connectivity index (χ0) is 18.7. The van der Waals surface area contributed by atoms with Gasteiger partial charge in [-0.15, -0.1) is 0 Å². The Morgan fingerprint density at radius 2 is 1.73 bits per heavy atom. The summed E-state index contributed by atoms with van der Waals surface area (Å²) in [5.74, 6) is -0.627. The number of aryl methyl sites for hydroxylation is 2. The van der Waals surface area contributed by atoms with E-state index >= 15 is 0 Å². The van der Waals surface area contributed by atoms with E-state index in [-0.39, 0.29) is 18.4 Å². The first-order valence-electron chi connectivity index (χ1n) is 8.52. The number of hydrogen-bond donors (Lipinski definition) is 1. The van der Waals surface area contributed by atoms with Crippen molar-refractivity contribution in [2.75, 3.05) is 25.6 Å². The van der Waals surface area contributed by atoms with Crippen molar-refractivity contribution in [1.82, 2.24) is 4.90 Å². The fourth-order valence-corrected chi connectivity index (χ4v) is 2.96. The Morgan fingerprint density at radius 3 is 2.42 bits per heavy atom. The van der Waals surface area contributed by atoms with E-state index in [4.69, 9.17) is 4.74 Å². The van der Waals surface area contributed by atoms with Crippen LogP contribution >= 0.6 is 0 Å². The minimum atomic E-state index is -0.327. The normalized spacial score (nSPS) is 14.3. The standard InChI is InChI=1S/C21H22N2O3/c1-14-9-10-15(2)17(13-14)22-19-18(16-7-5-4-6-8-16)20(24)23(21(19)25)11-12-26-3/h4-10,13,22H,11-12H2,1-3H3. The zero-order valence-corrected chi connectivity index (χ0v) is 15.2. The molecule has 1 heterocycles. The number of nitrogens with one attached hydrogen (secondary N) is 1. The Kier molecular flexibility index (Phi) is 5.19. The molecule has 0 saturated heterocycles. The predicted octanol–water partition coefficient (Wildman–Crippen LogP) is 3.14.